The summed E-state index contributed by atoms with van der Waals surface area (Å²) < 4.78 is 19.4. The number of hydrogen-bond donors (Lipinski definition) is 1. The van der Waals surface area contributed by atoms with Crippen molar-refractivity contribution in [1.29, 1.82) is 0 Å². The third kappa shape index (κ3) is 3.09. The Labute approximate surface area is 109 Å². The van der Waals surface area contributed by atoms with Gasteiger partial charge in [-0.25, -0.2) is 4.39 Å². The second kappa shape index (κ2) is 6.30. The Bertz CT molecular complexity index is 388. The van der Waals surface area contributed by atoms with E-state index in [2.05, 4.69) is 12.2 Å². The largest absolute Gasteiger partial charge is 0.376 e. The summed E-state index contributed by atoms with van der Waals surface area (Å²) in [6.07, 6.45) is 3.40. The van der Waals surface area contributed by atoms with Crippen LogP contribution in [0.1, 0.15) is 43.4 Å². The third-order valence-corrected chi connectivity index (χ3v) is 3.51. The molecule has 2 unspecified atom stereocenters. The minimum Gasteiger partial charge on any atom is -0.376 e. The normalized spacial score (nSPS) is 21.2. The molecule has 1 heterocycles. The van der Waals surface area contributed by atoms with Crippen LogP contribution >= 0.6 is 0 Å². The number of benzene rings is 1. The molecule has 2 rings (SSSR count). The Morgan fingerprint density at radius 2 is 2.33 bits per heavy atom. The zero-order chi connectivity index (χ0) is 13.0. The molecule has 0 amide bonds. The first-order valence-corrected chi connectivity index (χ1v) is 6.83. The van der Waals surface area contributed by atoms with Crippen LogP contribution in [0.3, 0.4) is 0 Å². The van der Waals surface area contributed by atoms with E-state index in [-0.39, 0.29) is 18.0 Å². The van der Waals surface area contributed by atoms with Gasteiger partial charge in [-0.3, -0.25) is 0 Å². The van der Waals surface area contributed by atoms with Crippen LogP contribution in [-0.4, -0.2) is 19.3 Å². The van der Waals surface area contributed by atoms with Crippen molar-refractivity contribution in [1.82, 2.24) is 5.32 Å². The summed E-state index contributed by atoms with van der Waals surface area (Å²) >= 11 is 0. The van der Waals surface area contributed by atoms with Gasteiger partial charge >= 0.3 is 0 Å². The molecule has 0 spiro atoms. The van der Waals surface area contributed by atoms with E-state index in [0.717, 1.165) is 38.0 Å². The predicted molar refractivity (Wildman–Crippen MR) is 71.1 cm³/mol. The van der Waals surface area contributed by atoms with Crippen molar-refractivity contribution in [3.8, 4) is 0 Å². The number of ether oxygens (including phenoxy) is 1. The molecule has 0 saturated carbocycles. The molecule has 1 aliphatic heterocycles. The summed E-state index contributed by atoms with van der Waals surface area (Å²) in [5.41, 5.74) is 1.69. The van der Waals surface area contributed by atoms with E-state index in [4.69, 9.17) is 4.74 Å². The van der Waals surface area contributed by atoms with Gasteiger partial charge in [0.05, 0.1) is 12.1 Å². The maximum Gasteiger partial charge on any atom is 0.126 e. The summed E-state index contributed by atoms with van der Waals surface area (Å²) in [6, 6.07) is 5.61. The molecular formula is C15H22FNO. The predicted octanol–water partition coefficient (Wildman–Crippen LogP) is 3.35. The smallest absolute Gasteiger partial charge is 0.126 e. The molecule has 3 heteroatoms. The van der Waals surface area contributed by atoms with Crippen molar-refractivity contribution in [3.05, 3.63) is 35.1 Å². The van der Waals surface area contributed by atoms with Gasteiger partial charge in [-0.05, 0) is 49.9 Å². The highest BCUT2D eigenvalue weighted by molar-refractivity contribution is 5.26. The lowest BCUT2D eigenvalue weighted by atomic mass is 9.98. The minimum absolute atomic E-state index is 0.113. The molecule has 2 nitrogen and oxygen atoms in total. The molecule has 1 N–H and O–H groups in total. The second-order valence-electron chi connectivity index (χ2n) is 4.99. The lowest BCUT2D eigenvalue weighted by molar-refractivity contribution is 0.0782. The maximum atomic E-state index is 13.7. The highest BCUT2D eigenvalue weighted by Crippen LogP contribution is 2.27. The number of hydrogen-bond acceptors (Lipinski definition) is 2. The Morgan fingerprint density at radius 3 is 2.94 bits per heavy atom. The fourth-order valence-corrected chi connectivity index (χ4v) is 2.43. The standard InChI is InChI=1S/C15H22FNO/c1-3-8-17-15(14-5-4-9-18-14)12-7-6-11(2)13(16)10-12/h6-7,10,14-15,17H,3-5,8-9H2,1-2H3. The van der Waals surface area contributed by atoms with Gasteiger partial charge in [0, 0.05) is 6.61 Å². The fraction of sp³-hybridized carbons (Fsp3) is 0.600. The first-order chi connectivity index (χ1) is 8.72. The molecule has 0 aromatic heterocycles. The van der Waals surface area contributed by atoms with Crippen LogP contribution in [-0.2, 0) is 4.74 Å². The van der Waals surface area contributed by atoms with Crippen LogP contribution in [0.5, 0.6) is 0 Å². The zero-order valence-corrected chi connectivity index (χ0v) is 11.2. The van der Waals surface area contributed by atoms with E-state index in [1.165, 1.54) is 0 Å². The number of aryl methyl sites for hydroxylation is 1. The molecule has 2 atom stereocenters. The van der Waals surface area contributed by atoms with E-state index in [9.17, 15) is 4.39 Å². The van der Waals surface area contributed by atoms with Crippen LogP contribution in [0.25, 0.3) is 0 Å². The summed E-state index contributed by atoms with van der Waals surface area (Å²) in [6.45, 7) is 5.68. The maximum absolute atomic E-state index is 13.7. The SMILES string of the molecule is CCCNC(c1ccc(C)c(F)c1)C1CCCO1. The van der Waals surface area contributed by atoms with Crippen molar-refractivity contribution in [2.24, 2.45) is 0 Å². The van der Waals surface area contributed by atoms with E-state index >= 15 is 0 Å². The van der Waals surface area contributed by atoms with Crippen molar-refractivity contribution in [3.63, 3.8) is 0 Å². The van der Waals surface area contributed by atoms with Gasteiger partial charge in [0.15, 0.2) is 0 Å². The van der Waals surface area contributed by atoms with Gasteiger partial charge < -0.3 is 10.1 Å². The summed E-state index contributed by atoms with van der Waals surface area (Å²) in [5.74, 6) is -0.131. The molecule has 1 aliphatic rings. The lowest BCUT2D eigenvalue weighted by Crippen LogP contribution is -2.32. The van der Waals surface area contributed by atoms with Crippen molar-refractivity contribution in [2.75, 3.05) is 13.2 Å². The molecule has 0 aliphatic carbocycles. The van der Waals surface area contributed by atoms with Crippen LogP contribution in [0.4, 0.5) is 4.39 Å². The second-order valence-corrected chi connectivity index (χ2v) is 4.99. The lowest BCUT2D eigenvalue weighted by Gasteiger charge is -2.25. The monoisotopic (exact) mass is 251 g/mol. The van der Waals surface area contributed by atoms with E-state index in [1.54, 1.807) is 13.0 Å². The summed E-state index contributed by atoms with van der Waals surface area (Å²) in [4.78, 5) is 0. The molecular weight excluding hydrogens is 229 g/mol. The van der Waals surface area contributed by atoms with Crippen LogP contribution < -0.4 is 5.32 Å². The first kappa shape index (κ1) is 13.5. The van der Waals surface area contributed by atoms with Gasteiger partial charge in [-0.15, -0.1) is 0 Å². The Kier molecular flexibility index (Phi) is 4.72. The van der Waals surface area contributed by atoms with Crippen molar-refractivity contribution < 1.29 is 9.13 Å². The Hall–Kier alpha value is -0.930. The van der Waals surface area contributed by atoms with Crippen LogP contribution in [0, 0.1) is 12.7 Å². The molecule has 1 saturated heterocycles. The van der Waals surface area contributed by atoms with Crippen molar-refractivity contribution >= 4 is 0 Å². The van der Waals surface area contributed by atoms with Crippen molar-refractivity contribution in [2.45, 2.75) is 45.3 Å². The highest BCUT2D eigenvalue weighted by Gasteiger charge is 2.27. The molecule has 0 radical (unpaired) electrons. The Balaban J connectivity index is 2.17. The molecule has 1 aromatic carbocycles. The van der Waals surface area contributed by atoms with Gasteiger partial charge in [0.2, 0.25) is 0 Å². The Morgan fingerprint density at radius 1 is 1.50 bits per heavy atom. The van der Waals surface area contributed by atoms with E-state index in [0.29, 0.717) is 5.56 Å². The molecule has 0 bridgehead atoms. The molecule has 1 fully saturated rings. The zero-order valence-electron chi connectivity index (χ0n) is 11.2. The topological polar surface area (TPSA) is 21.3 Å². The third-order valence-electron chi connectivity index (χ3n) is 3.51. The van der Waals surface area contributed by atoms with Gasteiger partial charge in [-0.2, -0.15) is 0 Å². The fourth-order valence-electron chi connectivity index (χ4n) is 2.43. The molecule has 100 valence electrons. The van der Waals surface area contributed by atoms with Gasteiger partial charge in [0.25, 0.3) is 0 Å². The number of halogens is 1. The highest BCUT2D eigenvalue weighted by atomic mass is 19.1. The number of nitrogens with one attached hydrogen (secondary N) is 1. The molecule has 18 heavy (non-hydrogen) atoms. The molecule has 1 aromatic rings. The average molecular weight is 251 g/mol. The van der Waals surface area contributed by atoms with Gasteiger partial charge in [-0.1, -0.05) is 19.1 Å². The summed E-state index contributed by atoms with van der Waals surface area (Å²) in [5, 5.41) is 3.48. The number of rotatable bonds is 5. The minimum atomic E-state index is -0.131. The first-order valence-electron chi connectivity index (χ1n) is 6.83. The average Bonchev–Trinajstić information content (AvgIpc) is 2.88. The summed E-state index contributed by atoms with van der Waals surface area (Å²) in [7, 11) is 0. The van der Waals surface area contributed by atoms with E-state index < -0.39 is 0 Å². The quantitative estimate of drug-likeness (QED) is 0.866. The van der Waals surface area contributed by atoms with E-state index in [1.807, 2.05) is 12.1 Å². The van der Waals surface area contributed by atoms with Crippen LogP contribution in [0.2, 0.25) is 0 Å². The van der Waals surface area contributed by atoms with Crippen LogP contribution in [0.15, 0.2) is 18.2 Å². The van der Waals surface area contributed by atoms with Gasteiger partial charge in [0.1, 0.15) is 5.82 Å².